The Balaban J connectivity index is 1.99. The van der Waals surface area contributed by atoms with Crippen molar-refractivity contribution in [2.24, 2.45) is 5.73 Å². The van der Waals surface area contributed by atoms with E-state index >= 15 is 0 Å². The SMILES string of the molecule is C[C@@H](Oc1cnccc1CN)C1COCCO1. The minimum Gasteiger partial charge on any atom is -0.486 e. The lowest BCUT2D eigenvalue weighted by Gasteiger charge is -2.28. The molecular weight excluding hydrogens is 220 g/mol. The number of rotatable bonds is 4. The first-order chi connectivity index (χ1) is 8.31. The van der Waals surface area contributed by atoms with Gasteiger partial charge in [-0.2, -0.15) is 0 Å². The van der Waals surface area contributed by atoms with Gasteiger partial charge in [0.05, 0.1) is 26.0 Å². The minimum absolute atomic E-state index is 0.0328. The number of hydrogen-bond donors (Lipinski definition) is 1. The number of aromatic nitrogens is 1. The number of nitrogens with two attached hydrogens (primary N) is 1. The fourth-order valence-electron chi connectivity index (χ4n) is 1.74. The first-order valence-electron chi connectivity index (χ1n) is 5.80. The summed E-state index contributed by atoms with van der Waals surface area (Å²) in [6, 6.07) is 1.86. The van der Waals surface area contributed by atoms with Gasteiger partial charge in [-0.1, -0.05) is 0 Å². The lowest BCUT2D eigenvalue weighted by atomic mass is 10.2. The summed E-state index contributed by atoms with van der Waals surface area (Å²) in [4.78, 5) is 4.04. The Morgan fingerprint density at radius 1 is 1.59 bits per heavy atom. The second kappa shape index (κ2) is 5.95. The van der Waals surface area contributed by atoms with Crippen molar-refractivity contribution in [3.63, 3.8) is 0 Å². The highest BCUT2D eigenvalue weighted by molar-refractivity contribution is 5.29. The van der Waals surface area contributed by atoms with E-state index in [2.05, 4.69) is 4.98 Å². The van der Waals surface area contributed by atoms with Crippen LogP contribution < -0.4 is 10.5 Å². The van der Waals surface area contributed by atoms with E-state index < -0.39 is 0 Å². The molecule has 2 atom stereocenters. The minimum atomic E-state index is -0.0789. The summed E-state index contributed by atoms with van der Waals surface area (Å²) in [5.74, 6) is 0.719. The molecule has 0 amide bonds. The van der Waals surface area contributed by atoms with Gasteiger partial charge < -0.3 is 19.9 Å². The van der Waals surface area contributed by atoms with E-state index in [1.165, 1.54) is 0 Å². The van der Waals surface area contributed by atoms with Crippen LogP contribution in [0.25, 0.3) is 0 Å². The molecule has 2 heterocycles. The van der Waals surface area contributed by atoms with Crippen molar-refractivity contribution in [3.05, 3.63) is 24.0 Å². The molecule has 0 aliphatic carbocycles. The van der Waals surface area contributed by atoms with Gasteiger partial charge in [0.15, 0.2) is 0 Å². The Morgan fingerprint density at radius 2 is 2.47 bits per heavy atom. The molecule has 0 spiro atoms. The topological polar surface area (TPSA) is 66.6 Å². The van der Waals surface area contributed by atoms with Crippen molar-refractivity contribution in [2.45, 2.75) is 25.7 Å². The maximum absolute atomic E-state index is 5.83. The Labute approximate surface area is 101 Å². The summed E-state index contributed by atoms with van der Waals surface area (Å²) in [6.07, 6.45) is 3.28. The van der Waals surface area contributed by atoms with Crippen LogP contribution in [0.3, 0.4) is 0 Å². The van der Waals surface area contributed by atoms with Gasteiger partial charge in [0.2, 0.25) is 0 Å². The fraction of sp³-hybridized carbons (Fsp3) is 0.583. The van der Waals surface area contributed by atoms with Crippen molar-refractivity contribution in [1.29, 1.82) is 0 Å². The van der Waals surface area contributed by atoms with Crippen LogP contribution in [-0.4, -0.2) is 37.0 Å². The van der Waals surface area contributed by atoms with Crippen LogP contribution in [-0.2, 0) is 16.0 Å². The molecule has 17 heavy (non-hydrogen) atoms. The molecule has 5 heteroatoms. The zero-order valence-corrected chi connectivity index (χ0v) is 9.96. The van der Waals surface area contributed by atoms with Gasteiger partial charge in [-0.25, -0.2) is 0 Å². The van der Waals surface area contributed by atoms with Crippen molar-refractivity contribution in [2.75, 3.05) is 19.8 Å². The van der Waals surface area contributed by atoms with Gasteiger partial charge in [0.1, 0.15) is 18.0 Å². The van der Waals surface area contributed by atoms with E-state index in [0.717, 1.165) is 11.3 Å². The van der Waals surface area contributed by atoms with Gasteiger partial charge in [-0.15, -0.1) is 0 Å². The van der Waals surface area contributed by atoms with E-state index in [1.807, 2.05) is 13.0 Å². The zero-order chi connectivity index (χ0) is 12.1. The second-order valence-corrected chi connectivity index (χ2v) is 3.99. The highest BCUT2D eigenvalue weighted by atomic mass is 16.6. The van der Waals surface area contributed by atoms with Crippen LogP contribution in [0.1, 0.15) is 12.5 Å². The highest BCUT2D eigenvalue weighted by Gasteiger charge is 2.23. The van der Waals surface area contributed by atoms with E-state index in [-0.39, 0.29) is 12.2 Å². The lowest BCUT2D eigenvalue weighted by Crippen LogP contribution is -2.40. The average molecular weight is 238 g/mol. The molecule has 1 aromatic heterocycles. The van der Waals surface area contributed by atoms with Gasteiger partial charge >= 0.3 is 0 Å². The molecule has 0 radical (unpaired) electrons. The molecule has 5 nitrogen and oxygen atoms in total. The maximum atomic E-state index is 5.83. The van der Waals surface area contributed by atoms with E-state index in [4.69, 9.17) is 19.9 Å². The van der Waals surface area contributed by atoms with Gasteiger partial charge in [0, 0.05) is 18.3 Å². The molecule has 1 fully saturated rings. The third kappa shape index (κ3) is 3.15. The maximum Gasteiger partial charge on any atom is 0.142 e. The van der Waals surface area contributed by atoms with Crippen LogP contribution in [0.2, 0.25) is 0 Å². The Hall–Kier alpha value is -1.17. The van der Waals surface area contributed by atoms with Crippen molar-refractivity contribution < 1.29 is 14.2 Å². The van der Waals surface area contributed by atoms with E-state index in [9.17, 15) is 0 Å². The molecule has 1 saturated heterocycles. The average Bonchev–Trinajstić information content (AvgIpc) is 2.40. The standard InChI is InChI=1S/C12H18N2O3/c1-9(12-8-15-4-5-16-12)17-11-7-14-3-2-10(11)6-13/h2-3,7,9,12H,4-6,8,13H2,1H3/t9-,12?/m1/s1. The third-order valence-electron chi connectivity index (χ3n) is 2.77. The Morgan fingerprint density at radius 3 is 3.18 bits per heavy atom. The normalized spacial score (nSPS) is 22.1. The van der Waals surface area contributed by atoms with Crippen LogP contribution >= 0.6 is 0 Å². The smallest absolute Gasteiger partial charge is 0.142 e. The quantitative estimate of drug-likeness (QED) is 0.837. The van der Waals surface area contributed by atoms with Gasteiger partial charge in [0.25, 0.3) is 0 Å². The Bertz CT molecular complexity index is 353. The fourth-order valence-corrected chi connectivity index (χ4v) is 1.74. The van der Waals surface area contributed by atoms with Crippen LogP contribution in [0, 0.1) is 0 Å². The number of nitrogens with zero attached hydrogens (tertiary/aromatic N) is 1. The van der Waals surface area contributed by atoms with Crippen LogP contribution in [0.5, 0.6) is 5.75 Å². The first kappa shape index (κ1) is 12.3. The molecule has 1 aromatic rings. The predicted molar refractivity (Wildman–Crippen MR) is 62.8 cm³/mol. The van der Waals surface area contributed by atoms with Crippen LogP contribution in [0.15, 0.2) is 18.5 Å². The lowest BCUT2D eigenvalue weighted by molar-refractivity contribution is -0.122. The molecule has 2 N–H and O–H groups in total. The predicted octanol–water partition coefficient (Wildman–Crippen LogP) is 0.723. The summed E-state index contributed by atoms with van der Waals surface area (Å²) < 4.78 is 16.8. The number of ether oxygens (including phenoxy) is 3. The van der Waals surface area contributed by atoms with Crippen molar-refractivity contribution >= 4 is 0 Å². The molecule has 1 aliphatic rings. The molecule has 2 rings (SSSR count). The monoisotopic (exact) mass is 238 g/mol. The third-order valence-corrected chi connectivity index (χ3v) is 2.77. The first-order valence-corrected chi connectivity index (χ1v) is 5.80. The molecular formula is C12H18N2O3. The summed E-state index contributed by atoms with van der Waals surface area (Å²) in [6.45, 7) is 4.25. The Kier molecular flexibility index (Phi) is 4.30. The summed E-state index contributed by atoms with van der Waals surface area (Å²) in [5, 5.41) is 0. The number of hydrogen-bond acceptors (Lipinski definition) is 5. The zero-order valence-electron chi connectivity index (χ0n) is 9.96. The summed E-state index contributed by atoms with van der Waals surface area (Å²) in [7, 11) is 0. The van der Waals surface area contributed by atoms with Gasteiger partial charge in [-0.05, 0) is 13.0 Å². The molecule has 0 bridgehead atoms. The van der Waals surface area contributed by atoms with Gasteiger partial charge in [-0.3, -0.25) is 4.98 Å². The molecule has 0 saturated carbocycles. The molecule has 94 valence electrons. The van der Waals surface area contributed by atoms with Crippen molar-refractivity contribution in [3.8, 4) is 5.75 Å². The van der Waals surface area contributed by atoms with Crippen LogP contribution in [0.4, 0.5) is 0 Å². The second-order valence-electron chi connectivity index (χ2n) is 3.99. The summed E-state index contributed by atoms with van der Waals surface area (Å²) >= 11 is 0. The van der Waals surface area contributed by atoms with E-state index in [1.54, 1.807) is 12.4 Å². The van der Waals surface area contributed by atoms with Crippen molar-refractivity contribution in [1.82, 2.24) is 4.98 Å². The highest BCUT2D eigenvalue weighted by Crippen LogP contribution is 2.19. The summed E-state index contributed by atoms with van der Waals surface area (Å²) in [5.41, 5.74) is 6.59. The molecule has 1 unspecified atom stereocenters. The van der Waals surface area contributed by atoms with E-state index in [0.29, 0.717) is 26.4 Å². The molecule has 1 aliphatic heterocycles. The number of pyridine rings is 1. The largest absolute Gasteiger partial charge is 0.486 e. The molecule has 0 aromatic carbocycles.